The molecule has 1 fully saturated rings. The minimum absolute atomic E-state index is 0.117. The van der Waals surface area contributed by atoms with E-state index in [1.807, 2.05) is 13.0 Å². The van der Waals surface area contributed by atoms with E-state index in [4.69, 9.17) is 0 Å². The van der Waals surface area contributed by atoms with Crippen LogP contribution in [0.15, 0.2) is 65.6 Å². The molecule has 10 heteroatoms. The molecule has 3 aromatic carbocycles. The summed E-state index contributed by atoms with van der Waals surface area (Å²) in [7, 11) is -3.99. The Hall–Kier alpha value is -3.24. The lowest BCUT2D eigenvalue weighted by atomic mass is 9.86. The second kappa shape index (κ2) is 9.25. The number of benzene rings is 3. The minimum Gasteiger partial charge on any atom is -0.435 e. The molecule has 6 nitrogen and oxygen atoms in total. The SMILES string of the molecule is Cc1cccc(S(=O)(=O)N2C[C@@H]3C[C@](C)(O)CCN3c3ccc(-c4cc(F)cc(OC(F)F)c4)cc32)c1. The number of halogens is 3. The summed E-state index contributed by atoms with van der Waals surface area (Å²) in [6.45, 7) is 1.11. The first-order valence-corrected chi connectivity index (χ1v) is 13.4. The second-order valence-electron chi connectivity index (χ2n) is 9.91. The first kappa shape index (κ1) is 25.4. The lowest BCUT2D eigenvalue weighted by Crippen LogP contribution is -2.57. The van der Waals surface area contributed by atoms with Gasteiger partial charge in [0.05, 0.1) is 34.5 Å². The molecule has 0 aliphatic carbocycles. The molecule has 5 rings (SSSR count). The number of anilines is 2. The molecule has 0 unspecified atom stereocenters. The standard InChI is InChI=1S/C27H27F3N2O4S/c1-17-4-3-5-23(10-17)37(34,35)32-16-21-15-27(2,33)8-9-31(21)24-7-6-18(13-25(24)32)19-11-20(28)14-22(12-19)36-26(29)30/h3-7,10-14,21,26,33H,8-9,15-16H2,1-2H3/t21-,27+/m0/s1. The Bertz CT molecular complexity index is 1450. The third kappa shape index (κ3) is 5.00. The van der Waals surface area contributed by atoms with Gasteiger partial charge in [-0.15, -0.1) is 0 Å². The van der Waals surface area contributed by atoms with Crippen LogP contribution in [0.4, 0.5) is 24.5 Å². The van der Waals surface area contributed by atoms with Crippen LogP contribution in [-0.4, -0.2) is 44.9 Å². The van der Waals surface area contributed by atoms with E-state index >= 15 is 0 Å². The highest BCUT2D eigenvalue weighted by Gasteiger charge is 2.43. The number of ether oxygens (including phenoxy) is 1. The molecule has 0 spiro atoms. The molecule has 2 aliphatic heterocycles. The molecule has 0 aromatic heterocycles. The topological polar surface area (TPSA) is 70.1 Å². The van der Waals surface area contributed by atoms with Gasteiger partial charge < -0.3 is 14.7 Å². The maximum Gasteiger partial charge on any atom is 0.387 e. The van der Waals surface area contributed by atoms with E-state index < -0.39 is 28.1 Å². The molecule has 2 heterocycles. The Labute approximate surface area is 214 Å². The van der Waals surface area contributed by atoms with Gasteiger partial charge in [-0.1, -0.05) is 18.2 Å². The van der Waals surface area contributed by atoms with Crippen LogP contribution in [0, 0.1) is 12.7 Å². The molecule has 0 amide bonds. The van der Waals surface area contributed by atoms with Crippen LogP contribution in [0.1, 0.15) is 25.3 Å². The summed E-state index contributed by atoms with van der Waals surface area (Å²) in [5.74, 6) is -1.08. The summed E-state index contributed by atoms with van der Waals surface area (Å²) in [6, 6.07) is 14.8. The van der Waals surface area contributed by atoms with E-state index in [1.165, 1.54) is 22.5 Å². The molecule has 1 saturated heterocycles. The Kier molecular flexibility index (Phi) is 6.35. The highest BCUT2D eigenvalue weighted by molar-refractivity contribution is 7.92. The lowest BCUT2D eigenvalue weighted by molar-refractivity contribution is -0.0499. The molecule has 0 radical (unpaired) electrons. The van der Waals surface area contributed by atoms with Crippen molar-refractivity contribution in [3.05, 3.63) is 72.0 Å². The van der Waals surface area contributed by atoms with Gasteiger partial charge in [0.15, 0.2) is 0 Å². The predicted octanol–water partition coefficient (Wildman–Crippen LogP) is 5.33. The number of sulfonamides is 1. The van der Waals surface area contributed by atoms with Crippen LogP contribution in [0.2, 0.25) is 0 Å². The molecule has 196 valence electrons. The second-order valence-corrected chi connectivity index (χ2v) is 11.8. The summed E-state index contributed by atoms with van der Waals surface area (Å²) >= 11 is 0. The fourth-order valence-corrected chi connectivity index (χ4v) is 6.82. The highest BCUT2D eigenvalue weighted by Crippen LogP contribution is 2.45. The molecular weight excluding hydrogens is 505 g/mol. The number of aliphatic hydroxyl groups is 1. The number of aryl methyl sites for hydroxylation is 1. The molecule has 2 atom stereocenters. The number of rotatable bonds is 5. The molecule has 3 aromatic rings. The fourth-order valence-electron chi connectivity index (χ4n) is 5.21. The summed E-state index contributed by atoms with van der Waals surface area (Å²) < 4.78 is 73.3. The Morgan fingerprint density at radius 3 is 2.57 bits per heavy atom. The van der Waals surface area contributed by atoms with E-state index in [0.29, 0.717) is 36.3 Å². The zero-order valence-corrected chi connectivity index (χ0v) is 21.2. The Morgan fingerprint density at radius 1 is 1.05 bits per heavy atom. The predicted molar refractivity (Wildman–Crippen MR) is 135 cm³/mol. The van der Waals surface area contributed by atoms with Crippen LogP contribution in [0.3, 0.4) is 0 Å². The van der Waals surface area contributed by atoms with Crippen molar-refractivity contribution in [1.29, 1.82) is 0 Å². The quantitative estimate of drug-likeness (QED) is 0.481. The lowest BCUT2D eigenvalue weighted by Gasteiger charge is -2.49. The molecule has 2 aliphatic rings. The van der Waals surface area contributed by atoms with Gasteiger partial charge in [0, 0.05) is 12.6 Å². The number of hydrogen-bond acceptors (Lipinski definition) is 5. The minimum atomic E-state index is -3.99. The summed E-state index contributed by atoms with van der Waals surface area (Å²) in [5, 5.41) is 10.7. The summed E-state index contributed by atoms with van der Waals surface area (Å²) in [4.78, 5) is 2.23. The molecular formula is C27H27F3N2O4S. The Morgan fingerprint density at radius 2 is 1.84 bits per heavy atom. The smallest absolute Gasteiger partial charge is 0.387 e. The number of hydrogen-bond donors (Lipinski definition) is 1. The van der Waals surface area contributed by atoms with Crippen LogP contribution in [-0.2, 0) is 10.0 Å². The van der Waals surface area contributed by atoms with Crippen molar-refractivity contribution in [2.24, 2.45) is 0 Å². The van der Waals surface area contributed by atoms with Crippen molar-refractivity contribution in [3.63, 3.8) is 0 Å². The van der Waals surface area contributed by atoms with Gasteiger partial charge >= 0.3 is 6.61 Å². The monoisotopic (exact) mass is 532 g/mol. The first-order valence-electron chi connectivity index (χ1n) is 11.9. The van der Waals surface area contributed by atoms with Crippen molar-refractivity contribution >= 4 is 21.4 Å². The fraction of sp³-hybridized carbons (Fsp3) is 0.333. The van der Waals surface area contributed by atoms with Crippen molar-refractivity contribution < 1.29 is 31.4 Å². The summed E-state index contributed by atoms with van der Waals surface area (Å²) in [5.41, 5.74) is 1.67. The van der Waals surface area contributed by atoms with Gasteiger partial charge in [0.25, 0.3) is 10.0 Å². The van der Waals surface area contributed by atoms with E-state index in [0.717, 1.165) is 11.6 Å². The largest absolute Gasteiger partial charge is 0.435 e. The van der Waals surface area contributed by atoms with E-state index in [1.54, 1.807) is 37.3 Å². The summed E-state index contributed by atoms with van der Waals surface area (Å²) in [6.07, 6.45) is 0.916. The number of alkyl halides is 2. The van der Waals surface area contributed by atoms with E-state index in [2.05, 4.69) is 9.64 Å². The zero-order valence-electron chi connectivity index (χ0n) is 20.4. The average molecular weight is 533 g/mol. The van der Waals surface area contributed by atoms with Crippen LogP contribution < -0.4 is 13.9 Å². The van der Waals surface area contributed by atoms with Crippen molar-refractivity contribution in [2.75, 3.05) is 22.3 Å². The van der Waals surface area contributed by atoms with Gasteiger partial charge in [0.2, 0.25) is 0 Å². The van der Waals surface area contributed by atoms with Crippen molar-refractivity contribution in [2.45, 2.75) is 49.8 Å². The normalized spacial score (nSPS) is 21.5. The van der Waals surface area contributed by atoms with Crippen molar-refractivity contribution in [3.8, 4) is 16.9 Å². The van der Waals surface area contributed by atoms with Gasteiger partial charge in [0.1, 0.15) is 11.6 Å². The van der Waals surface area contributed by atoms with Crippen molar-refractivity contribution in [1.82, 2.24) is 0 Å². The number of piperidine rings is 1. The third-order valence-electron chi connectivity index (χ3n) is 6.94. The Balaban J connectivity index is 1.64. The van der Waals surface area contributed by atoms with Gasteiger partial charge in [-0.2, -0.15) is 8.78 Å². The van der Waals surface area contributed by atoms with Gasteiger partial charge in [-0.25, -0.2) is 12.8 Å². The van der Waals surface area contributed by atoms with Crippen LogP contribution in [0.25, 0.3) is 11.1 Å². The maximum atomic E-state index is 14.3. The number of nitrogens with zero attached hydrogens (tertiary/aromatic N) is 2. The average Bonchev–Trinajstić information content (AvgIpc) is 2.81. The maximum absolute atomic E-state index is 14.3. The van der Waals surface area contributed by atoms with Gasteiger partial charge in [-0.05, 0) is 79.8 Å². The zero-order chi connectivity index (χ0) is 26.5. The molecule has 0 bridgehead atoms. The van der Waals surface area contributed by atoms with Crippen LogP contribution >= 0.6 is 0 Å². The van der Waals surface area contributed by atoms with Crippen LogP contribution in [0.5, 0.6) is 5.75 Å². The van der Waals surface area contributed by atoms with Gasteiger partial charge in [-0.3, -0.25) is 4.31 Å². The van der Waals surface area contributed by atoms with E-state index in [-0.39, 0.29) is 28.8 Å². The highest BCUT2D eigenvalue weighted by atomic mass is 32.2. The molecule has 1 N–H and O–H groups in total. The third-order valence-corrected chi connectivity index (χ3v) is 8.72. The molecule has 37 heavy (non-hydrogen) atoms. The first-order chi connectivity index (χ1) is 17.4. The molecule has 0 saturated carbocycles. The van der Waals surface area contributed by atoms with E-state index in [9.17, 15) is 26.7 Å². The number of fused-ring (bicyclic) bond motifs is 3.